The first-order valence-corrected chi connectivity index (χ1v) is 10.6. The summed E-state index contributed by atoms with van der Waals surface area (Å²) in [6, 6.07) is 9.53. The lowest BCUT2D eigenvalue weighted by Gasteiger charge is -2.25. The standard InChI is InChI=1S/C22H26FN3O3S.ClH/c1-5-25(6-2)9-10-26(22-24-19-8-7-16(23)13-20(19)30-22)21(27)15-11-17(28-3)14-18(12-15)29-4;/h7-8,11-14H,5-6,9-10H2,1-4H3;1H. The minimum absolute atomic E-state index is 0. The Hall–Kier alpha value is -2.42. The lowest BCUT2D eigenvalue weighted by molar-refractivity contribution is 0.0983. The Bertz CT molecular complexity index is 1000. The van der Waals surface area contributed by atoms with Gasteiger partial charge in [0.25, 0.3) is 5.91 Å². The van der Waals surface area contributed by atoms with Gasteiger partial charge in [0.15, 0.2) is 5.13 Å². The van der Waals surface area contributed by atoms with Crippen LogP contribution in [0, 0.1) is 5.82 Å². The van der Waals surface area contributed by atoms with Crippen LogP contribution in [0.5, 0.6) is 11.5 Å². The molecule has 168 valence electrons. The molecule has 0 aliphatic rings. The van der Waals surface area contributed by atoms with Crippen molar-refractivity contribution >= 4 is 45.0 Å². The summed E-state index contributed by atoms with van der Waals surface area (Å²) in [6.45, 7) is 7.10. The highest BCUT2D eigenvalue weighted by molar-refractivity contribution is 7.22. The molecule has 0 unspecified atom stereocenters. The van der Waals surface area contributed by atoms with Crippen LogP contribution in [0.3, 0.4) is 0 Å². The van der Waals surface area contributed by atoms with E-state index in [4.69, 9.17) is 9.47 Å². The maximum atomic E-state index is 13.6. The Kier molecular flexibility index (Phi) is 9.03. The van der Waals surface area contributed by atoms with Crippen molar-refractivity contribution in [2.45, 2.75) is 13.8 Å². The molecular weight excluding hydrogens is 441 g/mol. The van der Waals surface area contributed by atoms with Gasteiger partial charge in [0.05, 0.1) is 24.4 Å². The molecule has 0 spiro atoms. The number of nitrogens with zero attached hydrogens (tertiary/aromatic N) is 3. The number of anilines is 1. The molecule has 31 heavy (non-hydrogen) atoms. The highest BCUT2D eigenvalue weighted by atomic mass is 35.5. The van der Waals surface area contributed by atoms with Gasteiger partial charge >= 0.3 is 0 Å². The molecule has 0 aliphatic heterocycles. The van der Waals surface area contributed by atoms with Crippen LogP contribution in [-0.2, 0) is 0 Å². The maximum absolute atomic E-state index is 13.6. The number of fused-ring (bicyclic) bond motifs is 1. The summed E-state index contributed by atoms with van der Waals surface area (Å²) in [5.41, 5.74) is 1.11. The molecule has 0 radical (unpaired) electrons. The molecule has 0 N–H and O–H groups in total. The third-order valence-corrected chi connectivity index (χ3v) is 5.99. The molecular formula is C22H27ClFN3O3S. The Balaban J connectivity index is 0.00000341. The van der Waals surface area contributed by atoms with Crippen molar-refractivity contribution < 1.29 is 18.7 Å². The fourth-order valence-corrected chi connectivity index (χ4v) is 4.17. The zero-order valence-corrected chi connectivity index (χ0v) is 19.7. The number of halogens is 2. The summed E-state index contributed by atoms with van der Waals surface area (Å²) >= 11 is 1.30. The summed E-state index contributed by atoms with van der Waals surface area (Å²) in [7, 11) is 3.09. The molecule has 1 heterocycles. The van der Waals surface area contributed by atoms with Crippen molar-refractivity contribution in [1.82, 2.24) is 9.88 Å². The van der Waals surface area contributed by atoms with E-state index in [2.05, 4.69) is 23.7 Å². The van der Waals surface area contributed by atoms with Crippen molar-refractivity contribution in [2.24, 2.45) is 0 Å². The molecule has 0 aliphatic carbocycles. The molecule has 0 saturated heterocycles. The van der Waals surface area contributed by atoms with Crippen LogP contribution < -0.4 is 14.4 Å². The van der Waals surface area contributed by atoms with E-state index in [9.17, 15) is 9.18 Å². The molecule has 2 aromatic carbocycles. The topological polar surface area (TPSA) is 54.9 Å². The summed E-state index contributed by atoms with van der Waals surface area (Å²) in [4.78, 5) is 22.0. The molecule has 1 aromatic heterocycles. The highest BCUT2D eigenvalue weighted by Crippen LogP contribution is 2.31. The van der Waals surface area contributed by atoms with E-state index < -0.39 is 0 Å². The van der Waals surface area contributed by atoms with Crippen molar-refractivity contribution in [1.29, 1.82) is 0 Å². The van der Waals surface area contributed by atoms with Gasteiger partial charge in [-0.1, -0.05) is 25.2 Å². The number of benzene rings is 2. The van der Waals surface area contributed by atoms with Crippen LogP contribution in [0.4, 0.5) is 9.52 Å². The second-order valence-corrected chi connectivity index (χ2v) is 7.70. The zero-order valence-electron chi connectivity index (χ0n) is 18.1. The van der Waals surface area contributed by atoms with Crippen LogP contribution in [0.1, 0.15) is 24.2 Å². The van der Waals surface area contributed by atoms with Crippen molar-refractivity contribution in [3.63, 3.8) is 0 Å². The van der Waals surface area contributed by atoms with Crippen molar-refractivity contribution in [3.05, 3.63) is 47.8 Å². The molecule has 0 bridgehead atoms. The SMILES string of the molecule is CCN(CC)CCN(C(=O)c1cc(OC)cc(OC)c1)c1nc2ccc(F)cc2s1.Cl. The van der Waals surface area contributed by atoms with E-state index in [1.807, 2.05) is 0 Å². The second kappa shape index (κ2) is 11.3. The third-order valence-electron chi connectivity index (χ3n) is 4.95. The number of methoxy groups -OCH3 is 2. The number of ether oxygens (including phenoxy) is 2. The monoisotopic (exact) mass is 467 g/mol. The Morgan fingerprint density at radius 2 is 1.68 bits per heavy atom. The van der Waals surface area contributed by atoms with Gasteiger partial charge in [-0.15, -0.1) is 12.4 Å². The summed E-state index contributed by atoms with van der Waals surface area (Å²) in [5.74, 6) is 0.538. The zero-order chi connectivity index (χ0) is 21.7. The number of thiazole rings is 1. The summed E-state index contributed by atoms with van der Waals surface area (Å²) in [6.07, 6.45) is 0. The number of amides is 1. The predicted molar refractivity (Wildman–Crippen MR) is 126 cm³/mol. The minimum Gasteiger partial charge on any atom is -0.497 e. The van der Waals surface area contributed by atoms with Gasteiger partial charge in [0.1, 0.15) is 17.3 Å². The van der Waals surface area contributed by atoms with Crippen LogP contribution in [0.2, 0.25) is 0 Å². The number of carbonyl (C=O) groups is 1. The lowest BCUT2D eigenvalue weighted by Crippen LogP contribution is -2.38. The van der Waals surface area contributed by atoms with Crippen LogP contribution in [0.15, 0.2) is 36.4 Å². The van der Waals surface area contributed by atoms with E-state index in [0.29, 0.717) is 45.5 Å². The number of hydrogen-bond donors (Lipinski definition) is 0. The van der Waals surface area contributed by atoms with E-state index in [1.165, 1.54) is 23.5 Å². The Morgan fingerprint density at radius 3 is 2.26 bits per heavy atom. The third kappa shape index (κ3) is 5.84. The number of rotatable bonds is 9. The number of carbonyl (C=O) groups excluding carboxylic acids is 1. The van der Waals surface area contributed by atoms with Crippen molar-refractivity contribution in [2.75, 3.05) is 45.3 Å². The molecule has 0 saturated carbocycles. The van der Waals surface area contributed by atoms with Crippen LogP contribution in [-0.4, -0.2) is 56.2 Å². The number of likely N-dealkylation sites (N-methyl/N-ethyl adjacent to an activating group) is 1. The Labute approximate surface area is 192 Å². The van der Waals surface area contributed by atoms with E-state index >= 15 is 0 Å². The Morgan fingerprint density at radius 1 is 1.03 bits per heavy atom. The molecule has 3 aromatic rings. The van der Waals surface area contributed by atoms with Crippen molar-refractivity contribution in [3.8, 4) is 11.5 Å². The van der Waals surface area contributed by atoms with Gasteiger partial charge < -0.3 is 14.4 Å². The molecule has 3 rings (SSSR count). The summed E-state index contributed by atoms with van der Waals surface area (Å²) in [5, 5.41) is 0.537. The van der Waals surface area contributed by atoms with E-state index in [0.717, 1.165) is 13.1 Å². The highest BCUT2D eigenvalue weighted by Gasteiger charge is 2.23. The first kappa shape index (κ1) is 24.8. The van der Waals surface area contributed by atoms with Crippen LogP contribution in [0.25, 0.3) is 10.2 Å². The molecule has 9 heteroatoms. The quantitative estimate of drug-likeness (QED) is 0.449. The van der Waals surface area contributed by atoms with Gasteiger partial charge in [0.2, 0.25) is 0 Å². The first-order valence-electron chi connectivity index (χ1n) is 9.82. The average Bonchev–Trinajstić information content (AvgIpc) is 3.18. The first-order chi connectivity index (χ1) is 14.5. The molecule has 0 fully saturated rings. The van der Waals surface area contributed by atoms with E-state index in [-0.39, 0.29) is 24.1 Å². The average molecular weight is 468 g/mol. The predicted octanol–water partition coefficient (Wildman–Crippen LogP) is 4.86. The van der Waals surface area contributed by atoms with E-state index in [1.54, 1.807) is 43.4 Å². The largest absolute Gasteiger partial charge is 0.497 e. The second-order valence-electron chi connectivity index (χ2n) is 6.69. The van der Waals surface area contributed by atoms with Crippen LogP contribution >= 0.6 is 23.7 Å². The molecule has 6 nitrogen and oxygen atoms in total. The van der Waals surface area contributed by atoms with Gasteiger partial charge in [-0.2, -0.15) is 0 Å². The molecule has 0 atom stereocenters. The summed E-state index contributed by atoms with van der Waals surface area (Å²) < 4.78 is 25.0. The smallest absolute Gasteiger partial charge is 0.260 e. The van der Waals surface area contributed by atoms with Gasteiger partial charge in [-0.3, -0.25) is 9.69 Å². The fourth-order valence-electron chi connectivity index (χ4n) is 3.15. The number of aromatic nitrogens is 1. The number of hydrogen-bond acceptors (Lipinski definition) is 6. The minimum atomic E-state index is -0.323. The fraction of sp³-hybridized carbons (Fsp3) is 0.364. The normalized spacial score (nSPS) is 10.8. The van der Waals surface area contributed by atoms with Gasteiger partial charge in [0, 0.05) is 24.7 Å². The molecule has 1 amide bonds. The van der Waals surface area contributed by atoms with Gasteiger partial charge in [-0.25, -0.2) is 9.37 Å². The lowest BCUT2D eigenvalue weighted by atomic mass is 10.1. The van der Waals surface area contributed by atoms with Gasteiger partial charge in [-0.05, 0) is 43.4 Å². The maximum Gasteiger partial charge on any atom is 0.260 e.